The lowest BCUT2D eigenvalue weighted by atomic mass is 9.71. The molecule has 2 aliphatic rings. The highest BCUT2D eigenvalue weighted by molar-refractivity contribution is 5.26. The van der Waals surface area contributed by atoms with Crippen LogP contribution in [0.5, 0.6) is 0 Å². The predicted octanol–water partition coefficient (Wildman–Crippen LogP) is 6.76. The molecule has 0 amide bonds. The van der Waals surface area contributed by atoms with Gasteiger partial charge in [-0.3, -0.25) is 0 Å². The van der Waals surface area contributed by atoms with Crippen LogP contribution in [0.25, 0.3) is 0 Å². The first-order valence-corrected chi connectivity index (χ1v) is 9.66. The molecule has 1 saturated carbocycles. The van der Waals surface area contributed by atoms with E-state index in [4.69, 9.17) is 0 Å². The van der Waals surface area contributed by atoms with Gasteiger partial charge in [-0.2, -0.15) is 0 Å². The van der Waals surface area contributed by atoms with Crippen molar-refractivity contribution in [3.63, 3.8) is 0 Å². The van der Waals surface area contributed by atoms with Crippen LogP contribution in [0.4, 0.5) is 8.78 Å². The maximum absolute atomic E-state index is 14.0. The third-order valence-electron chi connectivity index (χ3n) is 6.34. The average molecular weight is 332 g/mol. The van der Waals surface area contributed by atoms with Crippen LogP contribution in [0.15, 0.2) is 23.8 Å². The number of benzene rings is 1. The van der Waals surface area contributed by atoms with Crippen LogP contribution in [-0.2, 0) is 6.42 Å². The van der Waals surface area contributed by atoms with Gasteiger partial charge in [0.05, 0.1) is 0 Å². The topological polar surface area (TPSA) is 0 Å². The highest BCUT2D eigenvalue weighted by Crippen LogP contribution is 2.40. The fraction of sp³-hybridized carbons (Fsp3) is 0.636. The van der Waals surface area contributed by atoms with Gasteiger partial charge in [-0.1, -0.05) is 43.5 Å². The Morgan fingerprint density at radius 1 is 0.917 bits per heavy atom. The van der Waals surface area contributed by atoms with Crippen LogP contribution in [0, 0.1) is 36.3 Å². The van der Waals surface area contributed by atoms with Gasteiger partial charge in [0, 0.05) is 0 Å². The molecule has 3 rings (SSSR count). The number of halogens is 2. The van der Waals surface area contributed by atoms with Gasteiger partial charge >= 0.3 is 0 Å². The maximum Gasteiger partial charge on any atom is 0.162 e. The molecular weight excluding hydrogens is 302 g/mol. The summed E-state index contributed by atoms with van der Waals surface area (Å²) in [5.41, 5.74) is 2.34. The van der Waals surface area contributed by atoms with Gasteiger partial charge in [-0.05, 0) is 80.8 Å². The number of hydrogen-bond donors (Lipinski definition) is 0. The van der Waals surface area contributed by atoms with Gasteiger partial charge in [0.1, 0.15) is 0 Å². The quantitative estimate of drug-likeness (QED) is 0.534. The van der Waals surface area contributed by atoms with E-state index in [9.17, 15) is 8.78 Å². The van der Waals surface area contributed by atoms with Gasteiger partial charge in [-0.25, -0.2) is 8.78 Å². The van der Waals surface area contributed by atoms with Crippen LogP contribution in [-0.4, -0.2) is 0 Å². The molecule has 1 unspecified atom stereocenters. The first kappa shape index (κ1) is 17.6. The highest BCUT2D eigenvalue weighted by atomic mass is 19.2. The number of hydrogen-bond acceptors (Lipinski definition) is 0. The van der Waals surface area contributed by atoms with Crippen LogP contribution in [0.1, 0.15) is 69.4 Å². The summed E-state index contributed by atoms with van der Waals surface area (Å²) in [5, 5.41) is 0. The zero-order valence-electron chi connectivity index (χ0n) is 15.1. The predicted molar refractivity (Wildman–Crippen MR) is 96.0 cm³/mol. The van der Waals surface area contributed by atoms with Gasteiger partial charge in [0.15, 0.2) is 11.6 Å². The van der Waals surface area contributed by atoms with Crippen molar-refractivity contribution in [2.45, 2.75) is 71.6 Å². The summed E-state index contributed by atoms with van der Waals surface area (Å²) in [5.74, 6) is 1.36. The first-order chi connectivity index (χ1) is 11.5. The molecule has 0 aliphatic heterocycles. The second kappa shape index (κ2) is 7.80. The molecular formula is C22H30F2. The molecule has 0 bridgehead atoms. The zero-order chi connectivity index (χ0) is 17.1. The maximum atomic E-state index is 14.0. The first-order valence-electron chi connectivity index (χ1n) is 9.66. The lowest BCUT2D eigenvalue weighted by Crippen LogP contribution is -2.22. The summed E-state index contributed by atoms with van der Waals surface area (Å²) in [4.78, 5) is 0. The molecule has 1 fully saturated rings. The average Bonchev–Trinajstić information content (AvgIpc) is 2.60. The Kier molecular flexibility index (Phi) is 5.73. The summed E-state index contributed by atoms with van der Waals surface area (Å²) >= 11 is 0. The van der Waals surface area contributed by atoms with Gasteiger partial charge in [-0.15, -0.1) is 0 Å². The molecule has 0 radical (unpaired) electrons. The van der Waals surface area contributed by atoms with Crippen LogP contribution >= 0.6 is 0 Å². The minimum atomic E-state index is -0.684. The molecule has 1 atom stereocenters. The Balaban J connectivity index is 1.52. The fourth-order valence-electron chi connectivity index (χ4n) is 4.50. The van der Waals surface area contributed by atoms with Crippen molar-refractivity contribution in [3.05, 3.63) is 46.5 Å². The van der Waals surface area contributed by atoms with E-state index in [0.29, 0.717) is 17.5 Å². The molecule has 0 heterocycles. The summed E-state index contributed by atoms with van der Waals surface area (Å²) < 4.78 is 27.6. The summed E-state index contributed by atoms with van der Waals surface area (Å²) in [6, 6.07) is 3.42. The lowest BCUT2D eigenvalue weighted by Gasteiger charge is -2.34. The molecule has 0 aromatic heterocycles. The van der Waals surface area contributed by atoms with Crippen LogP contribution in [0.2, 0.25) is 0 Å². The molecule has 1 aromatic carbocycles. The van der Waals surface area contributed by atoms with Gasteiger partial charge in [0.2, 0.25) is 0 Å². The summed E-state index contributed by atoms with van der Waals surface area (Å²) in [6.45, 7) is 3.99. The fourth-order valence-corrected chi connectivity index (χ4v) is 4.50. The smallest absolute Gasteiger partial charge is 0.162 e. The number of aryl methyl sites for hydroxylation is 2. The van der Waals surface area contributed by atoms with Crippen molar-refractivity contribution in [2.24, 2.45) is 17.8 Å². The molecule has 1 aromatic rings. The zero-order valence-corrected chi connectivity index (χ0v) is 15.1. The van der Waals surface area contributed by atoms with E-state index in [2.05, 4.69) is 13.0 Å². The van der Waals surface area contributed by atoms with Crippen LogP contribution < -0.4 is 0 Å². The minimum absolute atomic E-state index is 0.387. The Hall–Kier alpha value is -1.18. The standard InChI is InChI=1S/C22H30F2/c1-15-3-9-18(10-4-15)19-12-6-17(7-13-19)8-14-20-11-5-16(2)21(23)22(20)24/h5-6,11,15,18-19H,3-4,7-10,12-14H2,1-2H3. The van der Waals surface area contributed by atoms with E-state index >= 15 is 0 Å². The summed E-state index contributed by atoms with van der Waals surface area (Å²) in [7, 11) is 0. The van der Waals surface area contributed by atoms with E-state index in [1.165, 1.54) is 44.1 Å². The Morgan fingerprint density at radius 3 is 2.33 bits per heavy atom. The molecule has 132 valence electrons. The van der Waals surface area contributed by atoms with Crippen molar-refractivity contribution >= 4 is 0 Å². The van der Waals surface area contributed by atoms with Crippen molar-refractivity contribution < 1.29 is 8.78 Å². The molecule has 0 N–H and O–H groups in total. The van der Waals surface area contributed by atoms with Gasteiger partial charge in [0.25, 0.3) is 0 Å². The minimum Gasteiger partial charge on any atom is -0.203 e. The lowest BCUT2D eigenvalue weighted by molar-refractivity contribution is 0.199. The second-order valence-electron chi connectivity index (χ2n) is 8.09. The Morgan fingerprint density at radius 2 is 1.67 bits per heavy atom. The molecule has 24 heavy (non-hydrogen) atoms. The number of allylic oxidation sites excluding steroid dienone is 2. The Bertz CT molecular complexity index is 594. The van der Waals surface area contributed by atoms with E-state index in [-0.39, 0.29) is 0 Å². The number of rotatable bonds is 4. The van der Waals surface area contributed by atoms with Crippen LogP contribution in [0.3, 0.4) is 0 Å². The van der Waals surface area contributed by atoms with E-state index in [0.717, 1.165) is 30.6 Å². The molecule has 2 heteroatoms. The normalized spacial score (nSPS) is 27.8. The largest absolute Gasteiger partial charge is 0.203 e. The molecule has 0 saturated heterocycles. The van der Waals surface area contributed by atoms with E-state index in [1.807, 2.05) is 0 Å². The third-order valence-corrected chi connectivity index (χ3v) is 6.34. The van der Waals surface area contributed by atoms with Gasteiger partial charge < -0.3 is 0 Å². The van der Waals surface area contributed by atoms with Crippen molar-refractivity contribution in [2.75, 3.05) is 0 Å². The SMILES string of the molecule is Cc1ccc(CCC2=CCC(C3CCC(C)CC3)CC2)c(F)c1F. The van der Waals surface area contributed by atoms with Crippen molar-refractivity contribution in [1.82, 2.24) is 0 Å². The van der Waals surface area contributed by atoms with Crippen molar-refractivity contribution in [1.29, 1.82) is 0 Å². The molecule has 0 nitrogen and oxygen atoms in total. The molecule has 2 aliphatic carbocycles. The third kappa shape index (κ3) is 4.07. The van der Waals surface area contributed by atoms with E-state index in [1.54, 1.807) is 19.1 Å². The highest BCUT2D eigenvalue weighted by Gasteiger charge is 2.27. The molecule has 0 spiro atoms. The van der Waals surface area contributed by atoms with E-state index < -0.39 is 11.6 Å². The monoisotopic (exact) mass is 332 g/mol. The van der Waals surface area contributed by atoms with Crippen molar-refractivity contribution in [3.8, 4) is 0 Å². The second-order valence-corrected chi connectivity index (χ2v) is 8.09. The Labute approximate surface area is 145 Å². The summed E-state index contributed by atoms with van der Waals surface area (Å²) in [6.07, 6.45) is 13.1.